The van der Waals surface area contributed by atoms with Gasteiger partial charge in [0.1, 0.15) is 6.33 Å². The Morgan fingerprint density at radius 2 is 2.56 bits per heavy atom. The number of aromatic nitrogens is 3. The van der Waals surface area contributed by atoms with Crippen LogP contribution in [0, 0.1) is 0 Å². The zero-order valence-electron chi connectivity index (χ0n) is 5.11. The van der Waals surface area contributed by atoms with E-state index in [2.05, 4.69) is 5.10 Å². The molecule has 0 atom stereocenters. The zero-order chi connectivity index (χ0) is 6.85. The van der Waals surface area contributed by atoms with E-state index in [4.69, 9.17) is 5.84 Å². The molecule has 0 saturated heterocycles. The molecule has 1 heterocycles. The lowest BCUT2D eigenvalue weighted by molar-refractivity contribution is 0.627. The van der Waals surface area contributed by atoms with Crippen molar-refractivity contribution < 1.29 is 0 Å². The molecule has 50 valence electrons. The molecule has 0 unspecified atom stereocenters. The molecule has 0 radical (unpaired) electrons. The summed E-state index contributed by atoms with van der Waals surface area (Å²) in [5, 5.41) is 3.68. The smallest absolute Gasteiger partial charge is 0.334 e. The minimum Gasteiger partial charge on any atom is -0.334 e. The van der Waals surface area contributed by atoms with Crippen LogP contribution in [0.4, 0.5) is 0 Å². The third kappa shape index (κ3) is 0.802. The molecule has 0 aliphatic carbocycles. The van der Waals surface area contributed by atoms with Crippen LogP contribution in [0.2, 0.25) is 0 Å². The number of nitrogens with two attached hydrogens (primary N) is 1. The van der Waals surface area contributed by atoms with Gasteiger partial charge < -0.3 is 5.84 Å². The molecule has 1 aromatic heterocycles. The lowest BCUT2D eigenvalue weighted by Crippen LogP contribution is -2.28. The Morgan fingerprint density at radius 1 is 1.89 bits per heavy atom. The summed E-state index contributed by atoms with van der Waals surface area (Å²) in [6.45, 7) is 2.39. The van der Waals surface area contributed by atoms with Crippen LogP contribution in [0.5, 0.6) is 0 Å². The fourth-order valence-corrected chi connectivity index (χ4v) is 0.567. The molecule has 0 spiro atoms. The maximum Gasteiger partial charge on any atom is 0.364 e. The largest absolute Gasteiger partial charge is 0.364 e. The van der Waals surface area contributed by atoms with Gasteiger partial charge >= 0.3 is 5.69 Å². The van der Waals surface area contributed by atoms with Gasteiger partial charge in [0, 0.05) is 6.54 Å². The first-order valence-electron chi connectivity index (χ1n) is 2.65. The van der Waals surface area contributed by atoms with Crippen molar-refractivity contribution in [1.29, 1.82) is 0 Å². The van der Waals surface area contributed by atoms with Gasteiger partial charge in [0.15, 0.2) is 0 Å². The molecule has 0 aromatic carbocycles. The second-order valence-corrected chi connectivity index (χ2v) is 1.64. The van der Waals surface area contributed by atoms with E-state index in [0.29, 0.717) is 6.54 Å². The van der Waals surface area contributed by atoms with Gasteiger partial charge in [0.25, 0.3) is 0 Å². The molecule has 5 nitrogen and oxygen atoms in total. The van der Waals surface area contributed by atoms with Gasteiger partial charge in [-0.15, -0.1) is 0 Å². The summed E-state index contributed by atoms with van der Waals surface area (Å²) in [5.74, 6) is 5.14. The van der Waals surface area contributed by atoms with Crippen molar-refractivity contribution >= 4 is 0 Å². The standard InChI is InChI=1S/C4H8N4O/c1-2-8-4(9)7(5)3-6-8/h3H,2,5H2,1H3. The summed E-state index contributed by atoms with van der Waals surface area (Å²) in [4.78, 5) is 10.7. The Labute approximate surface area is 51.7 Å². The zero-order valence-corrected chi connectivity index (χ0v) is 5.11. The summed E-state index contributed by atoms with van der Waals surface area (Å²) in [5.41, 5.74) is -0.280. The summed E-state index contributed by atoms with van der Waals surface area (Å²) in [6, 6.07) is 0. The molecular weight excluding hydrogens is 120 g/mol. The maximum absolute atomic E-state index is 10.7. The lowest BCUT2D eigenvalue weighted by atomic mass is 10.8. The number of aryl methyl sites for hydroxylation is 1. The Morgan fingerprint density at radius 3 is 2.78 bits per heavy atom. The van der Waals surface area contributed by atoms with E-state index in [9.17, 15) is 4.79 Å². The number of nitrogen functional groups attached to an aromatic ring is 1. The minimum absolute atomic E-state index is 0.280. The Hall–Kier alpha value is -1.26. The van der Waals surface area contributed by atoms with Crippen molar-refractivity contribution in [2.24, 2.45) is 0 Å². The van der Waals surface area contributed by atoms with Crippen LogP contribution in [0.1, 0.15) is 6.92 Å². The molecule has 0 bridgehead atoms. The average molecular weight is 128 g/mol. The second-order valence-electron chi connectivity index (χ2n) is 1.64. The lowest BCUT2D eigenvalue weighted by Gasteiger charge is -1.86. The highest BCUT2D eigenvalue weighted by molar-refractivity contribution is 4.65. The van der Waals surface area contributed by atoms with Crippen molar-refractivity contribution in [1.82, 2.24) is 14.5 Å². The molecule has 5 heteroatoms. The Kier molecular flexibility index (Phi) is 1.26. The van der Waals surface area contributed by atoms with Gasteiger partial charge in [-0.25, -0.2) is 9.48 Å². The van der Waals surface area contributed by atoms with Gasteiger partial charge in [-0.05, 0) is 6.92 Å². The molecule has 9 heavy (non-hydrogen) atoms. The normalized spacial score (nSPS) is 9.89. The highest BCUT2D eigenvalue weighted by atomic mass is 16.2. The van der Waals surface area contributed by atoms with Gasteiger partial charge in [-0.2, -0.15) is 9.77 Å². The first-order valence-corrected chi connectivity index (χ1v) is 2.65. The maximum atomic E-state index is 10.7. The van der Waals surface area contributed by atoms with E-state index in [1.807, 2.05) is 6.92 Å². The van der Waals surface area contributed by atoms with Crippen LogP contribution in [0.15, 0.2) is 11.1 Å². The van der Waals surface area contributed by atoms with Crippen LogP contribution in [0.3, 0.4) is 0 Å². The topological polar surface area (TPSA) is 65.8 Å². The minimum atomic E-state index is -0.280. The monoisotopic (exact) mass is 128 g/mol. The van der Waals surface area contributed by atoms with Crippen LogP contribution in [0.25, 0.3) is 0 Å². The molecule has 0 fully saturated rings. The number of hydrogen-bond donors (Lipinski definition) is 1. The summed E-state index contributed by atoms with van der Waals surface area (Å²) < 4.78 is 2.23. The highest BCUT2D eigenvalue weighted by Crippen LogP contribution is 1.69. The van der Waals surface area contributed by atoms with Gasteiger partial charge in [0.05, 0.1) is 0 Å². The van der Waals surface area contributed by atoms with Crippen molar-refractivity contribution in [2.45, 2.75) is 13.5 Å². The molecule has 0 aliphatic rings. The second kappa shape index (κ2) is 1.93. The molecule has 2 N–H and O–H groups in total. The van der Waals surface area contributed by atoms with E-state index in [1.54, 1.807) is 0 Å². The summed E-state index contributed by atoms with van der Waals surface area (Å²) in [6.07, 6.45) is 1.28. The predicted octanol–water partition coefficient (Wildman–Crippen LogP) is -1.22. The van der Waals surface area contributed by atoms with Crippen LogP contribution >= 0.6 is 0 Å². The molecular formula is C4H8N4O. The fourth-order valence-electron chi connectivity index (χ4n) is 0.567. The molecule has 0 aliphatic heterocycles. The van der Waals surface area contributed by atoms with Crippen LogP contribution in [-0.4, -0.2) is 14.5 Å². The Bertz CT molecular complexity index is 247. The van der Waals surface area contributed by atoms with Crippen LogP contribution < -0.4 is 11.5 Å². The molecule has 0 saturated carbocycles. The van der Waals surface area contributed by atoms with Crippen molar-refractivity contribution in [2.75, 3.05) is 5.84 Å². The van der Waals surface area contributed by atoms with E-state index in [-0.39, 0.29) is 5.69 Å². The van der Waals surface area contributed by atoms with E-state index in [0.717, 1.165) is 4.68 Å². The molecule has 1 rings (SSSR count). The molecule has 0 amide bonds. The van der Waals surface area contributed by atoms with E-state index < -0.39 is 0 Å². The summed E-state index contributed by atoms with van der Waals surface area (Å²) >= 11 is 0. The third-order valence-electron chi connectivity index (χ3n) is 1.06. The van der Waals surface area contributed by atoms with Gasteiger partial charge in [0.2, 0.25) is 0 Å². The number of nitrogens with zero attached hydrogens (tertiary/aromatic N) is 3. The van der Waals surface area contributed by atoms with Gasteiger partial charge in [-0.1, -0.05) is 0 Å². The van der Waals surface area contributed by atoms with Gasteiger partial charge in [-0.3, -0.25) is 0 Å². The number of rotatable bonds is 1. The van der Waals surface area contributed by atoms with Crippen molar-refractivity contribution in [3.63, 3.8) is 0 Å². The van der Waals surface area contributed by atoms with E-state index >= 15 is 0 Å². The van der Waals surface area contributed by atoms with Crippen molar-refractivity contribution in [3.8, 4) is 0 Å². The quantitative estimate of drug-likeness (QED) is 0.482. The Balaban J connectivity index is 3.20. The van der Waals surface area contributed by atoms with Crippen LogP contribution in [-0.2, 0) is 6.54 Å². The first-order chi connectivity index (χ1) is 4.25. The fraction of sp³-hybridized carbons (Fsp3) is 0.500. The van der Waals surface area contributed by atoms with E-state index in [1.165, 1.54) is 11.0 Å². The summed E-state index contributed by atoms with van der Waals surface area (Å²) in [7, 11) is 0. The predicted molar refractivity (Wildman–Crippen MR) is 32.3 cm³/mol. The molecule has 1 aromatic rings. The SMILES string of the molecule is CCn1ncn(N)c1=O. The highest BCUT2D eigenvalue weighted by Gasteiger charge is 1.95. The first kappa shape index (κ1) is 5.87. The average Bonchev–Trinajstić information content (AvgIpc) is 2.15. The third-order valence-corrected chi connectivity index (χ3v) is 1.06. The van der Waals surface area contributed by atoms with Crippen molar-refractivity contribution in [3.05, 3.63) is 16.8 Å². The number of hydrogen-bond acceptors (Lipinski definition) is 3.